The first-order valence-corrected chi connectivity index (χ1v) is 11.8. The minimum Gasteiger partial charge on any atom is -0.497 e. The Bertz CT molecular complexity index is 1130. The number of carbonyl (C=O) groups excluding carboxylic acids is 2. The van der Waals surface area contributed by atoms with Gasteiger partial charge in [0.15, 0.2) is 0 Å². The number of methoxy groups -OCH3 is 1. The lowest BCUT2D eigenvalue weighted by atomic mass is 10.1. The topological polar surface area (TPSA) is 74.8 Å². The van der Waals surface area contributed by atoms with E-state index in [4.69, 9.17) is 9.72 Å². The molecule has 172 valence electrons. The van der Waals surface area contributed by atoms with Crippen molar-refractivity contribution in [2.24, 2.45) is 0 Å². The van der Waals surface area contributed by atoms with E-state index in [-0.39, 0.29) is 11.8 Å². The summed E-state index contributed by atoms with van der Waals surface area (Å²) in [7, 11) is 1.66. The van der Waals surface area contributed by atoms with Crippen LogP contribution in [0.1, 0.15) is 28.5 Å². The summed E-state index contributed by atoms with van der Waals surface area (Å²) < 4.78 is 5.22. The second kappa shape index (κ2) is 10.1. The highest BCUT2D eigenvalue weighted by Crippen LogP contribution is 2.26. The number of nitrogens with zero attached hydrogens (tertiary/aromatic N) is 3. The van der Waals surface area contributed by atoms with Crippen LogP contribution in [0.5, 0.6) is 5.75 Å². The maximum Gasteiger partial charge on any atom is 0.254 e. The van der Waals surface area contributed by atoms with E-state index < -0.39 is 0 Å². The molecule has 2 aromatic carbocycles. The number of carbonyl (C=O) groups is 2. The number of aromatic nitrogens is 1. The van der Waals surface area contributed by atoms with Crippen molar-refractivity contribution in [2.45, 2.75) is 20.4 Å². The molecular weight excluding hydrogens is 436 g/mol. The van der Waals surface area contributed by atoms with Gasteiger partial charge >= 0.3 is 0 Å². The van der Waals surface area contributed by atoms with E-state index in [0.29, 0.717) is 24.3 Å². The first-order valence-electron chi connectivity index (χ1n) is 10.9. The van der Waals surface area contributed by atoms with E-state index in [1.54, 1.807) is 24.5 Å². The fraction of sp³-hybridized carbons (Fsp3) is 0.320. The van der Waals surface area contributed by atoms with Crippen LogP contribution in [0.25, 0.3) is 10.6 Å². The lowest BCUT2D eigenvalue weighted by Gasteiger charge is -2.34. The molecule has 1 aliphatic rings. The van der Waals surface area contributed by atoms with Crippen LogP contribution >= 0.6 is 11.3 Å². The first-order chi connectivity index (χ1) is 15.9. The Balaban J connectivity index is 1.33. The smallest absolute Gasteiger partial charge is 0.254 e. The minimum absolute atomic E-state index is 0.00305. The molecule has 3 aromatic rings. The Hall–Kier alpha value is -3.23. The van der Waals surface area contributed by atoms with Crippen LogP contribution in [0.4, 0.5) is 5.69 Å². The van der Waals surface area contributed by atoms with Gasteiger partial charge in [0.1, 0.15) is 10.8 Å². The summed E-state index contributed by atoms with van der Waals surface area (Å²) in [5.41, 5.74) is 4.34. The number of ether oxygens (including phenoxy) is 1. The fourth-order valence-electron chi connectivity index (χ4n) is 3.85. The molecule has 2 heterocycles. The largest absolute Gasteiger partial charge is 0.497 e. The van der Waals surface area contributed by atoms with Gasteiger partial charge in [-0.2, -0.15) is 0 Å². The van der Waals surface area contributed by atoms with Crippen molar-refractivity contribution in [3.63, 3.8) is 0 Å². The van der Waals surface area contributed by atoms with Gasteiger partial charge in [0.05, 0.1) is 12.8 Å². The highest BCUT2D eigenvalue weighted by atomic mass is 32.1. The number of nitrogens with one attached hydrogen (secondary N) is 1. The first kappa shape index (κ1) is 22.9. The number of piperazine rings is 1. The van der Waals surface area contributed by atoms with Crippen LogP contribution in [-0.2, 0) is 11.3 Å². The normalized spacial score (nSPS) is 14.2. The summed E-state index contributed by atoms with van der Waals surface area (Å²) >= 11 is 1.64. The lowest BCUT2D eigenvalue weighted by Crippen LogP contribution is -2.48. The van der Waals surface area contributed by atoms with E-state index in [9.17, 15) is 9.59 Å². The maximum absolute atomic E-state index is 13.0. The van der Waals surface area contributed by atoms with Crippen LogP contribution < -0.4 is 10.1 Å². The average molecular weight is 465 g/mol. The standard InChI is InChI=1S/C25H28N4O3S/c1-17-4-5-20(14-23(17)26-18(2)30)25(31)29-12-10-28(11-13-29)15-21-16-33-24(27-21)19-6-8-22(32-3)9-7-19/h4-9,14,16H,10-13,15H2,1-3H3,(H,26,30). The Morgan fingerprint density at radius 2 is 1.82 bits per heavy atom. The van der Waals surface area contributed by atoms with Gasteiger partial charge in [-0.15, -0.1) is 11.3 Å². The summed E-state index contributed by atoms with van der Waals surface area (Å²) in [6, 6.07) is 13.4. The number of benzene rings is 2. The van der Waals surface area contributed by atoms with E-state index in [0.717, 1.165) is 47.2 Å². The SMILES string of the molecule is COc1ccc(-c2nc(CN3CCN(C(=O)c4ccc(C)c(NC(C)=O)c4)CC3)cs2)cc1. The van der Waals surface area contributed by atoms with Gasteiger partial charge in [-0.3, -0.25) is 14.5 Å². The minimum atomic E-state index is -0.145. The summed E-state index contributed by atoms with van der Waals surface area (Å²) in [6.07, 6.45) is 0. The second-order valence-corrected chi connectivity index (χ2v) is 9.01. The number of anilines is 1. The van der Waals surface area contributed by atoms with Gasteiger partial charge in [-0.1, -0.05) is 6.07 Å². The Morgan fingerprint density at radius 3 is 2.48 bits per heavy atom. The van der Waals surface area contributed by atoms with Crippen LogP contribution in [-0.4, -0.2) is 59.9 Å². The summed E-state index contributed by atoms with van der Waals surface area (Å²) in [4.78, 5) is 33.4. The molecule has 33 heavy (non-hydrogen) atoms. The number of rotatable bonds is 6. The Morgan fingerprint density at radius 1 is 1.09 bits per heavy atom. The zero-order chi connectivity index (χ0) is 23.4. The molecule has 1 aromatic heterocycles. The monoisotopic (exact) mass is 464 g/mol. The highest BCUT2D eigenvalue weighted by Gasteiger charge is 2.23. The molecule has 0 spiro atoms. The van der Waals surface area contributed by atoms with Crippen molar-refractivity contribution in [1.29, 1.82) is 0 Å². The molecule has 0 unspecified atom stereocenters. The molecule has 1 saturated heterocycles. The van der Waals surface area contributed by atoms with E-state index in [1.807, 2.05) is 48.2 Å². The van der Waals surface area contributed by atoms with Crippen molar-refractivity contribution in [2.75, 3.05) is 38.6 Å². The highest BCUT2D eigenvalue weighted by molar-refractivity contribution is 7.13. The molecule has 4 rings (SSSR count). The zero-order valence-electron chi connectivity index (χ0n) is 19.1. The molecule has 0 radical (unpaired) electrons. The predicted octanol–water partition coefficient (Wildman–Crippen LogP) is 4.04. The second-order valence-electron chi connectivity index (χ2n) is 8.15. The van der Waals surface area contributed by atoms with Crippen molar-refractivity contribution in [1.82, 2.24) is 14.8 Å². The fourth-order valence-corrected chi connectivity index (χ4v) is 4.66. The lowest BCUT2D eigenvalue weighted by molar-refractivity contribution is -0.114. The molecular formula is C25H28N4O3S. The van der Waals surface area contributed by atoms with Gasteiger partial charge in [0.2, 0.25) is 5.91 Å². The molecule has 1 aliphatic heterocycles. The predicted molar refractivity (Wildman–Crippen MR) is 131 cm³/mol. The zero-order valence-corrected chi connectivity index (χ0v) is 19.9. The van der Waals surface area contributed by atoms with Gasteiger partial charge in [0, 0.05) is 61.8 Å². The maximum atomic E-state index is 13.0. The molecule has 1 N–H and O–H groups in total. The van der Waals surface area contributed by atoms with Crippen LogP contribution in [0.2, 0.25) is 0 Å². The summed E-state index contributed by atoms with van der Waals surface area (Å²) in [5.74, 6) is 0.685. The molecule has 0 aliphatic carbocycles. The van der Waals surface area contributed by atoms with Gasteiger partial charge in [-0.25, -0.2) is 4.98 Å². The summed E-state index contributed by atoms with van der Waals surface area (Å²) in [5, 5.41) is 5.90. The molecule has 0 atom stereocenters. The van der Waals surface area contributed by atoms with Gasteiger partial charge in [-0.05, 0) is 48.9 Å². The van der Waals surface area contributed by atoms with Crippen LogP contribution in [0.15, 0.2) is 47.8 Å². The van der Waals surface area contributed by atoms with Crippen LogP contribution in [0, 0.1) is 6.92 Å². The average Bonchev–Trinajstić information content (AvgIpc) is 3.29. The number of thiazole rings is 1. The third-order valence-electron chi connectivity index (χ3n) is 5.73. The molecule has 0 saturated carbocycles. The third-order valence-corrected chi connectivity index (χ3v) is 6.67. The van der Waals surface area contributed by atoms with Crippen molar-refractivity contribution in [3.8, 4) is 16.3 Å². The van der Waals surface area contributed by atoms with E-state index in [2.05, 4.69) is 15.6 Å². The number of hydrogen-bond acceptors (Lipinski definition) is 6. The molecule has 2 amide bonds. The van der Waals surface area contributed by atoms with E-state index in [1.165, 1.54) is 6.92 Å². The Kier molecular flexibility index (Phi) is 7.05. The van der Waals surface area contributed by atoms with Gasteiger partial charge in [0.25, 0.3) is 5.91 Å². The van der Waals surface area contributed by atoms with Crippen molar-refractivity contribution >= 4 is 28.8 Å². The molecule has 8 heteroatoms. The van der Waals surface area contributed by atoms with Crippen molar-refractivity contribution < 1.29 is 14.3 Å². The molecule has 1 fully saturated rings. The van der Waals surface area contributed by atoms with Gasteiger partial charge < -0.3 is 15.0 Å². The van der Waals surface area contributed by atoms with Crippen molar-refractivity contribution in [3.05, 3.63) is 64.7 Å². The Labute approximate surface area is 198 Å². The molecule has 0 bridgehead atoms. The number of aryl methyl sites for hydroxylation is 1. The number of amides is 2. The third kappa shape index (κ3) is 5.58. The summed E-state index contributed by atoms with van der Waals surface area (Å²) in [6.45, 7) is 7.07. The number of hydrogen-bond donors (Lipinski definition) is 1. The van der Waals surface area contributed by atoms with Crippen LogP contribution in [0.3, 0.4) is 0 Å². The van der Waals surface area contributed by atoms with E-state index >= 15 is 0 Å². The quantitative estimate of drug-likeness (QED) is 0.596. The molecule has 7 nitrogen and oxygen atoms in total.